The molecule has 0 bridgehead atoms. The smallest absolute Gasteiger partial charge is 0.237 e. The summed E-state index contributed by atoms with van der Waals surface area (Å²) in [6.07, 6.45) is 0. The maximum atomic E-state index is 13.0. The summed E-state index contributed by atoms with van der Waals surface area (Å²) in [6, 6.07) is 14.4. The molecular weight excluding hydrogens is 411 g/mol. The van der Waals surface area contributed by atoms with E-state index in [1.54, 1.807) is 6.07 Å². The minimum absolute atomic E-state index is 0.132. The first kappa shape index (κ1) is 22.0. The molecule has 1 saturated heterocycles. The lowest BCUT2D eigenvalue weighted by atomic mass is 9.74. The van der Waals surface area contributed by atoms with Gasteiger partial charge in [-0.2, -0.15) is 0 Å². The molecule has 0 spiro atoms. The van der Waals surface area contributed by atoms with Crippen LogP contribution in [0.1, 0.15) is 17.0 Å². The zero-order valence-electron chi connectivity index (χ0n) is 16.0. The van der Waals surface area contributed by atoms with E-state index in [4.69, 9.17) is 39.4 Å². The Morgan fingerprint density at radius 2 is 1.93 bits per heavy atom. The van der Waals surface area contributed by atoms with Crippen LogP contribution in [0.15, 0.2) is 48.5 Å². The Morgan fingerprint density at radius 3 is 2.62 bits per heavy atom. The molecule has 8 heteroatoms. The van der Waals surface area contributed by atoms with Crippen molar-refractivity contribution in [2.45, 2.75) is 17.5 Å². The normalized spacial score (nSPS) is 23.9. The SMILES string of the molecule is NCCOCCNC(=O)C1NC[C@](N)(c2ccc(Cl)cc2)[C@H]1c1cccc(Cl)c1. The van der Waals surface area contributed by atoms with E-state index in [0.29, 0.717) is 42.9 Å². The summed E-state index contributed by atoms with van der Waals surface area (Å²) in [5.41, 5.74) is 13.3. The van der Waals surface area contributed by atoms with Crippen LogP contribution in [0.25, 0.3) is 0 Å². The van der Waals surface area contributed by atoms with E-state index >= 15 is 0 Å². The first-order valence-corrected chi connectivity index (χ1v) is 10.3. The molecule has 1 unspecified atom stereocenters. The summed E-state index contributed by atoms with van der Waals surface area (Å²) in [4.78, 5) is 13.0. The Balaban J connectivity index is 1.86. The molecule has 1 amide bonds. The lowest BCUT2D eigenvalue weighted by Crippen LogP contribution is -2.47. The highest BCUT2D eigenvalue weighted by molar-refractivity contribution is 6.30. The van der Waals surface area contributed by atoms with Gasteiger partial charge in [-0.1, -0.05) is 47.5 Å². The molecule has 2 aromatic carbocycles. The number of hydrogen-bond acceptors (Lipinski definition) is 5. The lowest BCUT2D eigenvalue weighted by molar-refractivity contribution is -0.123. The molecule has 0 aliphatic carbocycles. The molecule has 1 heterocycles. The van der Waals surface area contributed by atoms with Crippen molar-refractivity contribution in [2.24, 2.45) is 11.5 Å². The van der Waals surface area contributed by atoms with Gasteiger partial charge in [-0.3, -0.25) is 4.79 Å². The summed E-state index contributed by atoms with van der Waals surface area (Å²) in [7, 11) is 0. The molecule has 0 saturated carbocycles. The lowest BCUT2D eigenvalue weighted by Gasteiger charge is -2.33. The number of rotatable bonds is 8. The number of halogens is 2. The fourth-order valence-electron chi connectivity index (χ4n) is 3.82. The molecule has 6 nitrogen and oxygen atoms in total. The number of ether oxygens (including phenoxy) is 1. The van der Waals surface area contributed by atoms with Crippen LogP contribution in [-0.4, -0.2) is 44.8 Å². The van der Waals surface area contributed by atoms with Gasteiger partial charge in [0.15, 0.2) is 0 Å². The van der Waals surface area contributed by atoms with Gasteiger partial charge < -0.3 is 26.8 Å². The van der Waals surface area contributed by atoms with Gasteiger partial charge in [0.2, 0.25) is 5.91 Å². The van der Waals surface area contributed by atoms with Gasteiger partial charge in [-0.05, 0) is 35.4 Å². The number of carbonyl (C=O) groups is 1. The molecule has 2 aromatic rings. The largest absolute Gasteiger partial charge is 0.378 e. The molecule has 3 atom stereocenters. The Labute approximate surface area is 180 Å². The molecule has 0 radical (unpaired) electrons. The van der Waals surface area contributed by atoms with Gasteiger partial charge in [0, 0.05) is 35.6 Å². The van der Waals surface area contributed by atoms with E-state index in [2.05, 4.69) is 10.6 Å². The number of nitrogens with two attached hydrogens (primary N) is 2. The molecule has 156 valence electrons. The summed E-state index contributed by atoms with van der Waals surface area (Å²) < 4.78 is 5.33. The first-order chi connectivity index (χ1) is 14.0. The number of nitrogens with one attached hydrogen (secondary N) is 2. The van der Waals surface area contributed by atoms with Crippen LogP contribution < -0.4 is 22.1 Å². The Morgan fingerprint density at radius 1 is 1.17 bits per heavy atom. The average molecular weight is 437 g/mol. The van der Waals surface area contributed by atoms with E-state index in [0.717, 1.165) is 11.1 Å². The van der Waals surface area contributed by atoms with E-state index in [-0.39, 0.29) is 11.8 Å². The van der Waals surface area contributed by atoms with Crippen LogP contribution in [0.4, 0.5) is 0 Å². The highest BCUT2D eigenvalue weighted by atomic mass is 35.5. The predicted molar refractivity (Wildman–Crippen MR) is 116 cm³/mol. The average Bonchev–Trinajstić information content (AvgIpc) is 3.06. The van der Waals surface area contributed by atoms with Crippen molar-refractivity contribution < 1.29 is 9.53 Å². The Hall–Kier alpha value is -1.67. The van der Waals surface area contributed by atoms with Gasteiger partial charge in [0.1, 0.15) is 0 Å². The molecule has 29 heavy (non-hydrogen) atoms. The highest BCUT2D eigenvalue weighted by Gasteiger charge is 2.50. The minimum atomic E-state index is -0.798. The van der Waals surface area contributed by atoms with Gasteiger partial charge in [-0.25, -0.2) is 0 Å². The third-order valence-electron chi connectivity index (χ3n) is 5.18. The van der Waals surface area contributed by atoms with Crippen LogP contribution in [-0.2, 0) is 15.1 Å². The van der Waals surface area contributed by atoms with Crippen molar-refractivity contribution in [3.8, 4) is 0 Å². The fourth-order valence-corrected chi connectivity index (χ4v) is 4.15. The molecule has 1 fully saturated rings. The molecule has 0 aromatic heterocycles. The van der Waals surface area contributed by atoms with Crippen LogP contribution >= 0.6 is 23.2 Å². The fraction of sp³-hybridized carbons (Fsp3) is 0.381. The molecule has 6 N–H and O–H groups in total. The van der Waals surface area contributed by atoms with Gasteiger partial charge in [0.05, 0.1) is 24.8 Å². The van der Waals surface area contributed by atoms with Crippen molar-refractivity contribution in [2.75, 3.05) is 32.8 Å². The molecule has 1 aliphatic heterocycles. The molecular formula is C21H26Cl2N4O2. The zero-order chi connectivity index (χ0) is 20.9. The summed E-state index contributed by atoms with van der Waals surface area (Å²) in [5.74, 6) is -0.444. The van der Waals surface area contributed by atoms with Crippen molar-refractivity contribution in [1.29, 1.82) is 0 Å². The van der Waals surface area contributed by atoms with Crippen LogP contribution in [0.5, 0.6) is 0 Å². The van der Waals surface area contributed by atoms with Crippen molar-refractivity contribution in [3.63, 3.8) is 0 Å². The van der Waals surface area contributed by atoms with Crippen molar-refractivity contribution in [3.05, 3.63) is 69.7 Å². The molecule has 3 rings (SSSR count). The van der Waals surface area contributed by atoms with E-state index in [1.807, 2.05) is 42.5 Å². The minimum Gasteiger partial charge on any atom is -0.378 e. The quantitative estimate of drug-likeness (QED) is 0.473. The van der Waals surface area contributed by atoms with Crippen LogP contribution in [0, 0.1) is 0 Å². The first-order valence-electron chi connectivity index (χ1n) is 9.55. The number of benzene rings is 2. The number of amides is 1. The second-order valence-electron chi connectivity index (χ2n) is 7.13. The van der Waals surface area contributed by atoms with E-state index < -0.39 is 11.6 Å². The molecule has 1 aliphatic rings. The Bertz CT molecular complexity index is 834. The maximum absolute atomic E-state index is 13.0. The predicted octanol–water partition coefficient (Wildman–Crippen LogP) is 1.99. The monoisotopic (exact) mass is 436 g/mol. The van der Waals surface area contributed by atoms with E-state index in [9.17, 15) is 4.79 Å². The van der Waals surface area contributed by atoms with Crippen molar-refractivity contribution in [1.82, 2.24) is 10.6 Å². The van der Waals surface area contributed by atoms with Gasteiger partial charge in [0.25, 0.3) is 0 Å². The summed E-state index contributed by atoms with van der Waals surface area (Å²) >= 11 is 12.3. The third-order valence-corrected chi connectivity index (χ3v) is 5.67. The maximum Gasteiger partial charge on any atom is 0.237 e. The van der Waals surface area contributed by atoms with Gasteiger partial charge in [-0.15, -0.1) is 0 Å². The summed E-state index contributed by atoms with van der Waals surface area (Å²) in [6.45, 7) is 2.16. The van der Waals surface area contributed by atoms with Crippen LogP contribution in [0.3, 0.4) is 0 Å². The third kappa shape index (κ3) is 5.09. The van der Waals surface area contributed by atoms with E-state index in [1.165, 1.54) is 0 Å². The van der Waals surface area contributed by atoms with Crippen LogP contribution in [0.2, 0.25) is 10.0 Å². The summed E-state index contributed by atoms with van der Waals surface area (Å²) in [5, 5.41) is 7.46. The topological polar surface area (TPSA) is 102 Å². The second kappa shape index (κ2) is 9.89. The highest BCUT2D eigenvalue weighted by Crippen LogP contribution is 2.42. The van der Waals surface area contributed by atoms with Gasteiger partial charge >= 0.3 is 0 Å². The standard InChI is InChI=1S/C21H26Cl2N4O2/c22-16-6-4-15(5-7-16)21(25)13-27-19(20(28)26-9-11-29-10-8-24)18(21)14-2-1-3-17(23)12-14/h1-7,12,18-19,27H,8-11,13,24-25H2,(H,26,28)/t18-,19?,21-/m0/s1. The zero-order valence-corrected chi connectivity index (χ0v) is 17.5. The van der Waals surface area contributed by atoms with Crippen molar-refractivity contribution >= 4 is 29.1 Å². The Kier molecular flexibility index (Phi) is 7.51. The second-order valence-corrected chi connectivity index (χ2v) is 8.00. The number of hydrogen-bond donors (Lipinski definition) is 4. The number of carbonyl (C=O) groups excluding carboxylic acids is 1.